The molecule has 7 heteroatoms. The molecule has 0 spiro atoms. The van der Waals surface area contributed by atoms with Crippen LogP contribution in [-0.2, 0) is 17.7 Å². The second kappa shape index (κ2) is 9.48. The molecule has 2 amide bonds. The van der Waals surface area contributed by atoms with Crippen LogP contribution < -0.4 is 10.6 Å². The monoisotopic (exact) mass is 446 g/mol. The molecule has 0 aliphatic heterocycles. The van der Waals surface area contributed by atoms with E-state index in [4.69, 9.17) is 4.74 Å². The van der Waals surface area contributed by atoms with Crippen LogP contribution in [-0.4, -0.2) is 27.4 Å². The molecule has 1 aliphatic rings. The Hall–Kier alpha value is -3.61. The zero-order valence-electron chi connectivity index (χ0n) is 19.3. The van der Waals surface area contributed by atoms with Crippen LogP contribution >= 0.6 is 0 Å². The highest BCUT2D eigenvalue weighted by atomic mass is 16.6. The molecule has 2 N–H and O–H groups in total. The van der Waals surface area contributed by atoms with Gasteiger partial charge in [-0.15, -0.1) is 0 Å². The van der Waals surface area contributed by atoms with E-state index in [0.29, 0.717) is 11.3 Å². The number of carbonyl (C=O) groups is 2. The fraction of sp³-hybridized carbons (Fsp3) is 0.346. The Labute approximate surface area is 194 Å². The molecular formula is C26H30N4O3. The summed E-state index contributed by atoms with van der Waals surface area (Å²) < 4.78 is 7.30. The van der Waals surface area contributed by atoms with Crippen molar-refractivity contribution in [3.8, 4) is 0 Å². The van der Waals surface area contributed by atoms with Crippen LogP contribution in [0, 0.1) is 0 Å². The molecule has 4 rings (SSSR count). The van der Waals surface area contributed by atoms with Crippen molar-refractivity contribution in [3.05, 3.63) is 83.2 Å². The van der Waals surface area contributed by atoms with Crippen LogP contribution in [0.25, 0.3) is 0 Å². The number of benzene rings is 2. The summed E-state index contributed by atoms with van der Waals surface area (Å²) in [6.07, 6.45) is 4.20. The third-order valence-electron chi connectivity index (χ3n) is 5.54. The van der Waals surface area contributed by atoms with Gasteiger partial charge in [0.15, 0.2) is 0 Å². The number of carbonyl (C=O) groups excluding carboxylic acids is 2. The highest BCUT2D eigenvalue weighted by molar-refractivity contribution is 5.95. The van der Waals surface area contributed by atoms with E-state index >= 15 is 0 Å². The van der Waals surface area contributed by atoms with Gasteiger partial charge in [0.05, 0.1) is 18.8 Å². The largest absolute Gasteiger partial charge is 0.444 e. The molecule has 1 atom stereocenters. The van der Waals surface area contributed by atoms with Gasteiger partial charge in [0.1, 0.15) is 5.60 Å². The van der Waals surface area contributed by atoms with E-state index in [1.807, 2.05) is 49.8 Å². The van der Waals surface area contributed by atoms with Crippen LogP contribution in [0.5, 0.6) is 0 Å². The third kappa shape index (κ3) is 5.80. The van der Waals surface area contributed by atoms with Crippen molar-refractivity contribution < 1.29 is 14.3 Å². The van der Waals surface area contributed by atoms with E-state index in [1.54, 1.807) is 24.3 Å². The molecule has 2 aromatic carbocycles. The number of fused-ring (bicyclic) bond motifs is 1. The van der Waals surface area contributed by atoms with E-state index in [9.17, 15) is 9.59 Å². The van der Waals surface area contributed by atoms with Crippen LogP contribution in [0.4, 0.5) is 10.5 Å². The lowest BCUT2D eigenvalue weighted by atomic mass is 9.92. The van der Waals surface area contributed by atoms with E-state index in [0.717, 1.165) is 31.4 Å². The predicted molar refractivity (Wildman–Crippen MR) is 127 cm³/mol. The minimum Gasteiger partial charge on any atom is -0.444 e. The van der Waals surface area contributed by atoms with Gasteiger partial charge in [-0.2, -0.15) is 5.10 Å². The molecule has 0 radical (unpaired) electrons. The molecule has 33 heavy (non-hydrogen) atoms. The van der Waals surface area contributed by atoms with Crippen molar-refractivity contribution in [1.29, 1.82) is 0 Å². The topological polar surface area (TPSA) is 85.2 Å². The van der Waals surface area contributed by atoms with Crippen molar-refractivity contribution in [2.45, 2.75) is 58.2 Å². The van der Waals surface area contributed by atoms with Crippen molar-refractivity contribution >= 4 is 17.7 Å². The Morgan fingerprint density at radius 3 is 2.52 bits per heavy atom. The summed E-state index contributed by atoms with van der Waals surface area (Å²) in [4.78, 5) is 24.8. The molecule has 1 heterocycles. The SMILES string of the molecule is CC(C)(C)OC(=O)Nc1ccc(C(=O)NC2CCCc3c2cnn3Cc2ccccc2)cc1. The molecule has 0 saturated carbocycles. The molecule has 1 unspecified atom stereocenters. The first-order chi connectivity index (χ1) is 15.8. The van der Waals surface area contributed by atoms with Gasteiger partial charge < -0.3 is 10.1 Å². The normalized spacial score (nSPS) is 15.4. The van der Waals surface area contributed by atoms with E-state index in [2.05, 4.69) is 27.9 Å². The van der Waals surface area contributed by atoms with Gasteiger partial charge >= 0.3 is 6.09 Å². The van der Waals surface area contributed by atoms with Gasteiger partial charge in [-0.1, -0.05) is 30.3 Å². The van der Waals surface area contributed by atoms with Crippen LogP contribution in [0.15, 0.2) is 60.8 Å². The lowest BCUT2D eigenvalue weighted by Crippen LogP contribution is -2.31. The van der Waals surface area contributed by atoms with Gasteiger partial charge in [-0.05, 0) is 69.9 Å². The number of nitrogens with zero attached hydrogens (tertiary/aromatic N) is 2. The second-order valence-electron chi connectivity index (χ2n) is 9.31. The van der Waals surface area contributed by atoms with Crippen molar-refractivity contribution in [2.75, 3.05) is 5.32 Å². The van der Waals surface area contributed by atoms with Crippen LogP contribution in [0.3, 0.4) is 0 Å². The number of ether oxygens (including phenoxy) is 1. The number of hydrogen-bond acceptors (Lipinski definition) is 4. The molecule has 0 saturated heterocycles. The Bertz CT molecular complexity index is 1110. The number of amides is 2. The Morgan fingerprint density at radius 1 is 1.09 bits per heavy atom. The molecule has 172 valence electrons. The lowest BCUT2D eigenvalue weighted by Gasteiger charge is -2.24. The molecule has 0 fully saturated rings. The molecule has 7 nitrogen and oxygen atoms in total. The average Bonchev–Trinajstić information content (AvgIpc) is 3.17. The highest BCUT2D eigenvalue weighted by Crippen LogP contribution is 2.30. The van der Waals surface area contributed by atoms with Gasteiger partial charge in [0.25, 0.3) is 5.91 Å². The Balaban J connectivity index is 1.40. The predicted octanol–water partition coefficient (Wildman–Crippen LogP) is 5.09. The average molecular weight is 447 g/mol. The van der Waals surface area contributed by atoms with Crippen molar-refractivity contribution in [1.82, 2.24) is 15.1 Å². The summed E-state index contributed by atoms with van der Waals surface area (Å²) in [6, 6.07) is 17.0. The maximum absolute atomic E-state index is 12.9. The Morgan fingerprint density at radius 2 is 1.82 bits per heavy atom. The van der Waals surface area contributed by atoms with E-state index in [1.165, 1.54) is 11.3 Å². The zero-order chi connectivity index (χ0) is 23.4. The van der Waals surface area contributed by atoms with E-state index in [-0.39, 0.29) is 11.9 Å². The summed E-state index contributed by atoms with van der Waals surface area (Å²) in [7, 11) is 0. The first kappa shape index (κ1) is 22.6. The van der Waals surface area contributed by atoms with Crippen molar-refractivity contribution in [3.63, 3.8) is 0 Å². The number of aromatic nitrogens is 2. The zero-order valence-corrected chi connectivity index (χ0v) is 19.3. The van der Waals surface area contributed by atoms with Crippen molar-refractivity contribution in [2.24, 2.45) is 0 Å². The smallest absolute Gasteiger partial charge is 0.412 e. The Kier molecular flexibility index (Phi) is 6.49. The highest BCUT2D eigenvalue weighted by Gasteiger charge is 2.26. The van der Waals surface area contributed by atoms with Gasteiger partial charge in [0.2, 0.25) is 0 Å². The standard InChI is InChI=1S/C26H30N4O3/c1-26(2,3)33-25(32)28-20-14-12-19(13-15-20)24(31)29-22-10-7-11-23-21(22)16-27-30(23)17-18-8-5-4-6-9-18/h4-6,8-9,12-16,22H,7,10-11,17H2,1-3H3,(H,28,32)(H,29,31). The lowest BCUT2D eigenvalue weighted by molar-refractivity contribution is 0.0635. The van der Waals surface area contributed by atoms with Gasteiger partial charge in [-0.25, -0.2) is 4.79 Å². The minimum atomic E-state index is -0.572. The van der Waals surface area contributed by atoms with Crippen LogP contribution in [0.2, 0.25) is 0 Å². The van der Waals surface area contributed by atoms with Gasteiger partial charge in [-0.3, -0.25) is 14.8 Å². The van der Waals surface area contributed by atoms with Crippen LogP contribution in [0.1, 0.15) is 66.8 Å². The fourth-order valence-electron chi connectivity index (χ4n) is 4.03. The first-order valence-corrected chi connectivity index (χ1v) is 11.3. The minimum absolute atomic E-state index is 0.0645. The van der Waals surface area contributed by atoms with E-state index < -0.39 is 11.7 Å². The summed E-state index contributed by atoms with van der Waals surface area (Å²) >= 11 is 0. The number of rotatable bonds is 5. The second-order valence-corrected chi connectivity index (χ2v) is 9.31. The summed E-state index contributed by atoms with van der Waals surface area (Å²) in [5.74, 6) is -0.146. The number of nitrogens with one attached hydrogen (secondary N) is 2. The maximum Gasteiger partial charge on any atom is 0.412 e. The molecule has 3 aromatic rings. The molecule has 1 aliphatic carbocycles. The summed E-state index contributed by atoms with van der Waals surface area (Å²) in [6.45, 7) is 6.15. The maximum atomic E-state index is 12.9. The summed E-state index contributed by atoms with van der Waals surface area (Å²) in [5, 5.41) is 10.4. The summed E-state index contributed by atoms with van der Waals surface area (Å²) in [5.41, 5.74) is 4.02. The first-order valence-electron chi connectivity index (χ1n) is 11.3. The number of anilines is 1. The third-order valence-corrected chi connectivity index (χ3v) is 5.54. The number of hydrogen-bond donors (Lipinski definition) is 2. The fourth-order valence-corrected chi connectivity index (χ4v) is 4.03. The molecule has 0 bridgehead atoms. The molecule has 1 aromatic heterocycles. The molecular weight excluding hydrogens is 416 g/mol. The quantitative estimate of drug-likeness (QED) is 0.572. The van der Waals surface area contributed by atoms with Gasteiger partial charge in [0, 0.05) is 22.5 Å².